The van der Waals surface area contributed by atoms with Crippen molar-refractivity contribution < 1.29 is 9.59 Å². The molecule has 0 unspecified atom stereocenters. The van der Waals surface area contributed by atoms with Gasteiger partial charge in [-0.3, -0.25) is 9.59 Å². The normalized spacial score (nSPS) is 34.5. The molecule has 1 aromatic rings. The summed E-state index contributed by atoms with van der Waals surface area (Å²) < 4.78 is 0. The first kappa shape index (κ1) is 18.2. The number of aryl methyl sites for hydroxylation is 1. The highest BCUT2D eigenvalue weighted by Gasteiger charge is 2.54. The lowest BCUT2D eigenvalue weighted by molar-refractivity contribution is -0.147. The van der Waals surface area contributed by atoms with Crippen LogP contribution in [0.1, 0.15) is 67.3 Å². The molecule has 0 aromatic heterocycles. The minimum atomic E-state index is -0.0662. The van der Waals surface area contributed by atoms with Gasteiger partial charge in [-0.05, 0) is 88.2 Å². The number of carbonyl (C=O) groups excluding carboxylic acids is 2. The summed E-state index contributed by atoms with van der Waals surface area (Å²) in [5.74, 6) is 2.84. The van der Waals surface area contributed by atoms with Gasteiger partial charge in [0.25, 0.3) is 5.91 Å². The van der Waals surface area contributed by atoms with E-state index in [0.717, 1.165) is 74.1 Å². The number of benzene rings is 1. The first-order valence-corrected chi connectivity index (χ1v) is 11.2. The summed E-state index contributed by atoms with van der Waals surface area (Å²) in [4.78, 5) is 27.9. The summed E-state index contributed by atoms with van der Waals surface area (Å²) in [6, 6.07) is 8.05. The van der Waals surface area contributed by atoms with E-state index in [4.69, 9.17) is 0 Å². The molecule has 6 rings (SSSR count). The number of nitrogens with one attached hydrogen (secondary N) is 1. The molecule has 4 nitrogen and oxygen atoms in total. The monoisotopic (exact) mass is 380 g/mol. The summed E-state index contributed by atoms with van der Waals surface area (Å²) in [5, 5.41) is 3.41. The van der Waals surface area contributed by atoms with Crippen molar-refractivity contribution in [2.75, 3.05) is 13.1 Å². The second kappa shape index (κ2) is 6.89. The van der Waals surface area contributed by atoms with Crippen LogP contribution in [0.3, 0.4) is 0 Å². The Kier molecular flexibility index (Phi) is 4.48. The average molecular weight is 381 g/mol. The van der Waals surface area contributed by atoms with E-state index in [9.17, 15) is 9.59 Å². The summed E-state index contributed by atoms with van der Waals surface area (Å²) in [7, 11) is 0. The molecule has 4 saturated carbocycles. The van der Waals surface area contributed by atoms with Crippen LogP contribution in [-0.2, 0) is 4.79 Å². The fourth-order valence-electron chi connectivity index (χ4n) is 6.91. The lowest BCUT2D eigenvalue weighted by Gasteiger charge is -2.56. The summed E-state index contributed by atoms with van der Waals surface area (Å²) in [6.45, 7) is 3.49. The Hall–Kier alpha value is -1.84. The number of rotatable bonds is 3. The van der Waals surface area contributed by atoms with Crippen LogP contribution in [-0.4, -0.2) is 35.8 Å². The molecule has 5 aliphatic rings. The standard InChI is InChI=1S/C24H32N2O2/c1-16-3-2-4-20(9-16)22(27)26-7-5-21(6-8-26)25-23(28)24-13-17-10-18(14-24)12-19(11-17)15-24/h2-4,9,17-19,21H,5-8,10-15H2,1H3,(H,25,28). The van der Waals surface area contributed by atoms with Gasteiger partial charge < -0.3 is 10.2 Å². The second-order valence-corrected chi connectivity index (χ2v) is 10.1. The molecule has 150 valence electrons. The highest BCUT2D eigenvalue weighted by atomic mass is 16.2. The van der Waals surface area contributed by atoms with Crippen LogP contribution in [0.2, 0.25) is 0 Å². The highest BCUT2D eigenvalue weighted by Crippen LogP contribution is 2.60. The molecule has 0 atom stereocenters. The molecule has 4 heteroatoms. The Morgan fingerprint density at radius 1 is 1.00 bits per heavy atom. The fourth-order valence-corrected chi connectivity index (χ4v) is 6.91. The molecule has 1 aromatic carbocycles. The molecule has 0 spiro atoms. The molecule has 2 amide bonds. The van der Waals surface area contributed by atoms with Gasteiger partial charge in [-0.1, -0.05) is 17.7 Å². The molecule has 1 heterocycles. The van der Waals surface area contributed by atoms with Gasteiger partial charge in [0.2, 0.25) is 5.91 Å². The van der Waals surface area contributed by atoms with E-state index in [1.807, 2.05) is 36.1 Å². The van der Waals surface area contributed by atoms with Crippen molar-refractivity contribution in [3.8, 4) is 0 Å². The molecular formula is C24H32N2O2. The number of piperidine rings is 1. The molecule has 1 saturated heterocycles. The maximum Gasteiger partial charge on any atom is 0.253 e. The van der Waals surface area contributed by atoms with Crippen molar-refractivity contribution in [1.82, 2.24) is 10.2 Å². The van der Waals surface area contributed by atoms with E-state index in [1.54, 1.807) is 0 Å². The lowest BCUT2D eigenvalue weighted by atomic mass is 9.49. The van der Waals surface area contributed by atoms with Gasteiger partial charge in [-0.25, -0.2) is 0 Å². The van der Waals surface area contributed by atoms with E-state index in [1.165, 1.54) is 19.3 Å². The quantitative estimate of drug-likeness (QED) is 0.864. The van der Waals surface area contributed by atoms with Gasteiger partial charge in [-0.2, -0.15) is 0 Å². The Balaban J connectivity index is 1.18. The highest BCUT2D eigenvalue weighted by molar-refractivity contribution is 5.94. The zero-order chi connectivity index (χ0) is 19.3. The van der Waals surface area contributed by atoms with E-state index >= 15 is 0 Å². The maximum atomic E-state index is 13.2. The Morgan fingerprint density at radius 2 is 1.61 bits per heavy atom. The van der Waals surface area contributed by atoms with Crippen molar-refractivity contribution in [2.24, 2.45) is 23.2 Å². The van der Waals surface area contributed by atoms with Crippen LogP contribution >= 0.6 is 0 Å². The van der Waals surface area contributed by atoms with E-state index in [0.29, 0.717) is 5.91 Å². The molecule has 0 radical (unpaired) electrons. The smallest absolute Gasteiger partial charge is 0.253 e. The van der Waals surface area contributed by atoms with Crippen molar-refractivity contribution >= 4 is 11.8 Å². The van der Waals surface area contributed by atoms with Gasteiger partial charge in [-0.15, -0.1) is 0 Å². The van der Waals surface area contributed by atoms with Crippen LogP contribution in [0.15, 0.2) is 24.3 Å². The minimum Gasteiger partial charge on any atom is -0.353 e. The first-order valence-electron chi connectivity index (χ1n) is 11.2. The Bertz CT molecular complexity index is 743. The van der Waals surface area contributed by atoms with Gasteiger partial charge in [0.1, 0.15) is 0 Å². The van der Waals surface area contributed by atoms with Gasteiger partial charge in [0.15, 0.2) is 0 Å². The zero-order valence-corrected chi connectivity index (χ0v) is 17.0. The van der Waals surface area contributed by atoms with Crippen LogP contribution < -0.4 is 5.32 Å². The predicted octanol–water partition coefficient (Wildman–Crippen LogP) is 3.93. The van der Waals surface area contributed by atoms with Crippen molar-refractivity contribution in [3.63, 3.8) is 0 Å². The second-order valence-electron chi connectivity index (χ2n) is 10.1. The third kappa shape index (κ3) is 3.25. The van der Waals surface area contributed by atoms with Crippen LogP contribution in [0.5, 0.6) is 0 Å². The molecule has 5 fully saturated rings. The van der Waals surface area contributed by atoms with E-state index < -0.39 is 0 Å². The summed E-state index contributed by atoms with van der Waals surface area (Å²) >= 11 is 0. The summed E-state index contributed by atoms with van der Waals surface area (Å²) in [6.07, 6.45) is 9.20. The third-order valence-corrected chi connectivity index (χ3v) is 7.90. The largest absolute Gasteiger partial charge is 0.353 e. The number of hydrogen-bond acceptors (Lipinski definition) is 2. The van der Waals surface area contributed by atoms with E-state index in [-0.39, 0.29) is 17.4 Å². The van der Waals surface area contributed by atoms with Crippen LogP contribution in [0, 0.1) is 30.1 Å². The fraction of sp³-hybridized carbons (Fsp3) is 0.667. The SMILES string of the molecule is Cc1cccc(C(=O)N2CCC(NC(=O)C34CC5CC(CC(C5)C3)C4)CC2)c1. The average Bonchev–Trinajstić information content (AvgIpc) is 2.67. The van der Waals surface area contributed by atoms with Gasteiger partial charge in [0, 0.05) is 30.1 Å². The lowest BCUT2D eigenvalue weighted by Crippen LogP contribution is -2.56. The van der Waals surface area contributed by atoms with E-state index in [2.05, 4.69) is 5.32 Å². The summed E-state index contributed by atoms with van der Waals surface area (Å²) in [5.41, 5.74) is 1.82. The first-order chi connectivity index (χ1) is 13.5. The molecule has 1 N–H and O–H groups in total. The molecule has 1 aliphatic heterocycles. The minimum absolute atomic E-state index is 0.0662. The number of carbonyl (C=O) groups is 2. The van der Waals surface area contributed by atoms with Gasteiger partial charge in [0.05, 0.1) is 0 Å². The van der Waals surface area contributed by atoms with Crippen LogP contribution in [0.4, 0.5) is 0 Å². The van der Waals surface area contributed by atoms with Crippen molar-refractivity contribution in [2.45, 2.75) is 64.3 Å². The zero-order valence-electron chi connectivity index (χ0n) is 17.0. The van der Waals surface area contributed by atoms with Gasteiger partial charge >= 0.3 is 0 Å². The topological polar surface area (TPSA) is 49.4 Å². The predicted molar refractivity (Wildman–Crippen MR) is 109 cm³/mol. The number of likely N-dealkylation sites (tertiary alicyclic amines) is 1. The van der Waals surface area contributed by atoms with Crippen LogP contribution in [0.25, 0.3) is 0 Å². The molecule has 4 bridgehead atoms. The number of hydrogen-bond donors (Lipinski definition) is 1. The third-order valence-electron chi connectivity index (χ3n) is 7.90. The Morgan fingerprint density at radius 3 is 2.18 bits per heavy atom. The maximum absolute atomic E-state index is 13.2. The molecular weight excluding hydrogens is 348 g/mol. The van der Waals surface area contributed by atoms with Crippen molar-refractivity contribution in [3.05, 3.63) is 35.4 Å². The molecule has 28 heavy (non-hydrogen) atoms. The van der Waals surface area contributed by atoms with Crippen molar-refractivity contribution in [1.29, 1.82) is 0 Å². The molecule has 4 aliphatic carbocycles. The number of nitrogens with zero attached hydrogens (tertiary/aromatic N) is 1. The Labute approximate surface area is 168 Å². The number of amides is 2.